The van der Waals surface area contributed by atoms with Gasteiger partial charge in [0.25, 0.3) is 0 Å². The van der Waals surface area contributed by atoms with Gasteiger partial charge in [0.2, 0.25) is 70.9 Å². The summed E-state index contributed by atoms with van der Waals surface area (Å²) >= 11 is 0. The standard InChI is InChI=1S/C61H108N20O14/c1-6-7-8-9-13-18-47(84)72-39(19-25-62)55(90)81-49(36(5)83)60(95)77-41(21-27-64)52(87)75-43-24-31-70-59(94)48(35(4)82)80-56(91)42(22-28-65)73-51(86)40(20-26-63)74-57(92)45(32-34(2)3)78-58(93)46(33-37-15-11-10-12-16-37)79-54(89)44(76-53(43)88)23-30-69-50(85)38(66)17-14-29-71-61(67)68/h10-12,15-16,34-36,38-46,48-49,82-83H,6-9,13-14,17-33,62-66H2,1-5H3,(H,69,85)(H,70,94)(H,72,84)(H,73,86)(H,74,92)(H,75,87)(H,76,88)(H,77,95)(H,78,93)(H,79,89)(H,80,91)(H,81,90)(H4,67,68,71)/t35-,36-,38+,39+,40+,41+,42+,43+,44+,45+,46-,48+,49+/m1/s1. The Bertz CT molecular complexity index is 2650. The summed E-state index contributed by atoms with van der Waals surface area (Å²) in [6.45, 7) is 6.59. The summed E-state index contributed by atoms with van der Waals surface area (Å²) in [5, 5.41) is 52.5. The molecule has 1 fully saturated rings. The van der Waals surface area contributed by atoms with E-state index in [-0.39, 0.29) is 103 Å². The predicted molar refractivity (Wildman–Crippen MR) is 353 cm³/mol. The molecule has 1 heterocycles. The van der Waals surface area contributed by atoms with Gasteiger partial charge in [-0.2, -0.15) is 0 Å². The maximum atomic E-state index is 15.0. The Morgan fingerprint density at radius 3 is 1.68 bits per heavy atom. The highest BCUT2D eigenvalue weighted by Gasteiger charge is 2.38. The van der Waals surface area contributed by atoms with Crippen molar-refractivity contribution in [3.8, 4) is 0 Å². The van der Waals surface area contributed by atoms with Gasteiger partial charge in [-0.3, -0.25) is 62.5 Å². The zero-order valence-electron chi connectivity index (χ0n) is 55.5. The molecule has 0 unspecified atom stereocenters. The maximum absolute atomic E-state index is 15.0. The number of aliphatic hydroxyl groups is 2. The lowest BCUT2D eigenvalue weighted by atomic mass is 10.00. The van der Waals surface area contributed by atoms with Crippen LogP contribution < -0.4 is 104 Å². The highest BCUT2D eigenvalue weighted by atomic mass is 16.3. The Labute approximate surface area is 555 Å². The second kappa shape index (κ2) is 45.3. The number of unbranched alkanes of at least 4 members (excludes halogenated alkanes) is 4. The van der Waals surface area contributed by atoms with E-state index in [1.165, 1.54) is 13.8 Å². The SMILES string of the molecule is CCCCCCCC(=O)N[C@@H](CCN)C(=O)N[C@H](C(=O)N[C@@H](CCN)C(=O)N[C@H]1CCNC(=O)[C@H]([C@@H](C)O)NC(=O)[C@H](CCN)NC(=O)[C@H](CCN)NC(=O)[C@H](CC(C)C)NC(=O)[C@@H](Cc2ccccc2)NC(=O)[C@H](CCNC(=O)[C@@H](N)CCCN=C(N)N)NC1=O)[C@@H](C)O. The summed E-state index contributed by atoms with van der Waals surface area (Å²) in [5.74, 6) is -11.4. The molecule has 1 aromatic rings. The fraction of sp³-hybridized carbons (Fsp3) is 0.689. The number of hydrogen-bond donors (Lipinski definition) is 21. The van der Waals surface area contributed by atoms with Crippen molar-refractivity contribution in [3.63, 3.8) is 0 Å². The van der Waals surface area contributed by atoms with Gasteiger partial charge in [-0.25, -0.2) is 0 Å². The molecule has 12 amide bonds. The average molecular weight is 1350 g/mol. The molecule has 95 heavy (non-hydrogen) atoms. The molecule has 0 radical (unpaired) electrons. The van der Waals surface area contributed by atoms with E-state index in [9.17, 15) is 67.7 Å². The third-order valence-corrected chi connectivity index (χ3v) is 15.3. The van der Waals surface area contributed by atoms with Gasteiger partial charge in [0.1, 0.15) is 60.4 Å². The lowest BCUT2D eigenvalue weighted by Crippen LogP contribution is -2.62. The second-order valence-electron chi connectivity index (χ2n) is 24.0. The number of carbonyl (C=O) groups is 12. The third-order valence-electron chi connectivity index (χ3n) is 15.3. The van der Waals surface area contributed by atoms with Gasteiger partial charge in [-0.1, -0.05) is 76.8 Å². The fourth-order valence-electron chi connectivity index (χ4n) is 9.98. The number of nitrogens with zero attached hydrogens (tertiary/aromatic N) is 1. The van der Waals surface area contributed by atoms with Crippen LogP contribution in [0.15, 0.2) is 35.3 Å². The fourth-order valence-corrected chi connectivity index (χ4v) is 9.98. The Hall–Kier alpha value is -8.15. The van der Waals surface area contributed by atoms with Crippen LogP contribution in [0.3, 0.4) is 0 Å². The van der Waals surface area contributed by atoms with Gasteiger partial charge in [0, 0.05) is 32.5 Å². The number of amides is 12. The van der Waals surface area contributed by atoms with Crippen LogP contribution in [-0.2, 0) is 64.0 Å². The summed E-state index contributed by atoms with van der Waals surface area (Å²) in [7, 11) is 0. The van der Waals surface area contributed by atoms with Crippen molar-refractivity contribution < 1.29 is 67.7 Å². The van der Waals surface area contributed by atoms with Crippen LogP contribution >= 0.6 is 0 Å². The Balaban J connectivity index is 2.85. The molecule has 13 atom stereocenters. The minimum Gasteiger partial charge on any atom is -0.391 e. The van der Waals surface area contributed by atoms with Crippen LogP contribution in [0.1, 0.15) is 136 Å². The smallest absolute Gasteiger partial charge is 0.245 e. The van der Waals surface area contributed by atoms with Crippen LogP contribution in [0.25, 0.3) is 0 Å². The first-order valence-electron chi connectivity index (χ1n) is 32.7. The van der Waals surface area contributed by atoms with Crippen molar-refractivity contribution in [1.82, 2.24) is 63.8 Å². The molecule has 34 heteroatoms. The molecule has 1 aliphatic rings. The van der Waals surface area contributed by atoms with E-state index < -0.39 is 169 Å². The number of carbonyl (C=O) groups excluding carboxylic acids is 12. The first-order chi connectivity index (χ1) is 45.1. The van der Waals surface area contributed by atoms with Gasteiger partial charge in [-0.15, -0.1) is 0 Å². The average Bonchev–Trinajstić information content (AvgIpc) is 1.15. The highest BCUT2D eigenvalue weighted by molar-refractivity contribution is 5.99. The lowest BCUT2D eigenvalue weighted by molar-refractivity contribution is -0.137. The molecule has 536 valence electrons. The minimum absolute atomic E-state index is 0.00702. The quantitative estimate of drug-likeness (QED) is 0.0171. The molecule has 0 saturated carbocycles. The summed E-state index contributed by atoms with van der Waals surface area (Å²) in [4.78, 5) is 173. The normalized spacial score (nSPS) is 21.6. The molecule has 34 nitrogen and oxygen atoms in total. The van der Waals surface area contributed by atoms with Crippen LogP contribution in [0, 0.1) is 5.92 Å². The first kappa shape index (κ1) is 82.9. The minimum atomic E-state index is -1.78. The van der Waals surface area contributed by atoms with E-state index >= 15 is 0 Å². The number of aliphatic imine (C=N–C) groups is 1. The van der Waals surface area contributed by atoms with E-state index in [4.69, 9.17) is 40.1 Å². The van der Waals surface area contributed by atoms with Gasteiger partial charge in [-0.05, 0) is 116 Å². The van der Waals surface area contributed by atoms with Crippen molar-refractivity contribution in [3.05, 3.63) is 35.9 Å². The molecule has 0 aromatic heterocycles. The van der Waals surface area contributed by atoms with Crippen LogP contribution in [0.2, 0.25) is 0 Å². The zero-order chi connectivity index (χ0) is 71.2. The molecule has 1 aromatic carbocycles. The molecular formula is C61H108N20O14. The van der Waals surface area contributed by atoms with Gasteiger partial charge < -0.3 is 114 Å². The van der Waals surface area contributed by atoms with Crippen LogP contribution in [-0.4, -0.2) is 212 Å². The summed E-state index contributed by atoms with van der Waals surface area (Å²) in [6.07, 6.45) is -0.288. The maximum Gasteiger partial charge on any atom is 0.245 e. The molecule has 0 spiro atoms. The highest BCUT2D eigenvalue weighted by Crippen LogP contribution is 2.13. The number of nitrogens with two attached hydrogens (primary N) is 7. The van der Waals surface area contributed by atoms with E-state index in [0.29, 0.717) is 18.4 Å². The summed E-state index contributed by atoms with van der Waals surface area (Å²) < 4.78 is 0. The molecule has 0 aliphatic carbocycles. The third kappa shape index (κ3) is 31.8. The Morgan fingerprint density at radius 2 is 1.13 bits per heavy atom. The monoisotopic (exact) mass is 1340 g/mol. The summed E-state index contributed by atoms with van der Waals surface area (Å²) in [5.41, 5.74) is 41.1. The number of aliphatic hydroxyl groups excluding tert-OH is 2. The molecule has 28 N–H and O–H groups in total. The molecule has 1 aliphatic heterocycles. The van der Waals surface area contributed by atoms with Crippen molar-refractivity contribution in [2.75, 3.05) is 45.8 Å². The van der Waals surface area contributed by atoms with Crippen molar-refractivity contribution in [2.45, 2.75) is 216 Å². The van der Waals surface area contributed by atoms with E-state index in [0.717, 1.165) is 25.7 Å². The van der Waals surface area contributed by atoms with Crippen LogP contribution in [0.5, 0.6) is 0 Å². The topological polar surface area (TPSA) is 584 Å². The second-order valence-corrected chi connectivity index (χ2v) is 24.0. The Kier molecular flexibility index (Phi) is 39.5. The summed E-state index contributed by atoms with van der Waals surface area (Å²) in [6, 6.07) is -8.23. The first-order valence-corrected chi connectivity index (χ1v) is 32.7. The van der Waals surface area contributed by atoms with Crippen molar-refractivity contribution >= 4 is 76.8 Å². The molecule has 1 saturated heterocycles. The van der Waals surface area contributed by atoms with Gasteiger partial charge in [0.15, 0.2) is 5.96 Å². The zero-order valence-corrected chi connectivity index (χ0v) is 55.5. The predicted octanol–water partition coefficient (Wildman–Crippen LogP) is -6.95. The number of rotatable bonds is 35. The Morgan fingerprint density at radius 1 is 0.589 bits per heavy atom. The van der Waals surface area contributed by atoms with Gasteiger partial charge in [0.05, 0.1) is 18.2 Å². The van der Waals surface area contributed by atoms with Crippen molar-refractivity contribution in [1.29, 1.82) is 0 Å². The van der Waals surface area contributed by atoms with Gasteiger partial charge >= 0.3 is 0 Å². The van der Waals surface area contributed by atoms with Crippen molar-refractivity contribution in [2.24, 2.45) is 51.0 Å². The molecular weight excluding hydrogens is 1240 g/mol. The number of nitrogens with one attached hydrogen (secondary N) is 12. The van der Waals surface area contributed by atoms with E-state index in [2.05, 4.69) is 75.7 Å². The molecule has 0 bridgehead atoms. The number of guanidine groups is 1. The largest absolute Gasteiger partial charge is 0.391 e. The molecule has 2 rings (SSSR count). The van der Waals surface area contributed by atoms with E-state index in [1.807, 2.05) is 0 Å². The van der Waals surface area contributed by atoms with E-state index in [1.54, 1.807) is 44.2 Å². The lowest BCUT2D eigenvalue weighted by Gasteiger charge is -2.29. The van der Waals surface area contributed by atoms with Crippen LogP contribution in [0.4, 0.5) is 0 Å². The number of hydrogen-bond acceptors (Lipinski definition) is 20. The number of benzene rings is 1.